The summed E-state index contributed by atoms with van der Waals surface area (Å²) in [6.45, 7) is 4.01. The fourth-order valence-electron chi connectivity index (χ4n) is 5.34. The summed E-state index contributed by atoms with van der Waals surface area (Å²) in [6, 6.07) is 30.8. The Balaban J connectivity index is 1.50. The van der Waals surface area contributed by atoms with Crippen LogP contribution in [0.2, 0.25) is 0 Å². The summed E-state index contributed by atoms with van der Waals surface area (Å²) in [5.74, 6) is -0.723. The van der Waals surface area contributed by atoms with Crippen molar-refractivity contribution in [3.05, 3.63) is 108 Å². The standard InChI is InChI=1S/C30H34O6/c1-29(2)35-27-26(32-4)25(34-28(27)36-29)24(31-3)20-33-30(21-14-8-5-9-15-21,22-16-10-6-11-17-22)23-18-12-7-13-19-23/h5-19,24-28H,20H2,1-4H3/t24-,25-,26+,27-,28-/m1/s1. The van der Waals surface area contributed by atoms with Gasteiger partial charge in [-0.1, -0.05) is 91.0 Å². The predicted molar refractivity (Wildman–Crippen MR) is 135 cm³/mol. The molecule has 2 fully saturated rings. The molecule has 6 heteroatoms. The highest BCUT2D eigenvalue weighted by atomic mass is 16.8. The molecule has 0 bridgehead atoms. The van der Waals surface area contributed by atoms with Crippen LogP contribution in [0.5, 0.6) is 0 Å². The summed E-state index contributed by atoms with van der Waals surface area (Å²) >= 11 is 0. The number of benzene rings is 3. The Morgan fingerprint density at radius 3 is 1.72 bits per heavy atom. The molecule has 0 saturated carbocycles. The maximum Gasteiger partial charge on any atom is 0.190 e. The Hall–Kier alpha value is -2.58. The van der Waals surface area contributed by atoms with Crippen LogP contribution in [0.3, 0.4) is 0 Å². The average Bonchev–Trinajstić information content (AvgIpc) is 3.39. The molecule has 36 heavy (non-hydrogen) atoms. The van der Waals surface area contributed by atoms with Gasteiger partial charge in [-0.15, -0.1) is 0 Å². The third-order valence-corrected chi connectivity index (χ3v) is 6.97. The first-order valence-electron chi connectivity index (χ1n) is 12.4. The highest BCUT2D eigenvalue weighted by Gasteiger charge is 2.57. The van der Waals surface area contributed by atoms with E-state index in [1.807, 2.05) is 68.4 Å². The molecule has 2 aliphatic heterocycles. The predicted octanol–water partition coefficient (Wildman–Crippen LogP) is 4.90. The minimum atomic E-state index is -0.855. The van der Waals surface area contributed by atoms with E-state index < -0.39 is 29.9 Å². The average molecular weight is 491 g/mol. The maximum absolute atomic E-state index is 6.97. The second kappa shape index (κ2) is 10.4. The number of hydrogen-bond acceptors (Lipinski definition) is 6. The minimum Gasteiger partial charge on any atom is -0.376 e. The molecule has 0 amide bonds. The summed E-state index contributed by atoms with van der Waals surface area (Å²) in [5, 5.41) is 0. The number of ether oxygens (including phenoxy) is 6. The van der Waals surface area contributed by atoms with Crippen LogP contribution in [0.25, 0.3) is 0 Å². The van der Waals surface area contributed by atoms with E-state index in [1.54, 1.807) is 14.2 Å². The van der Waals surface area contributed by atoms with Gasteiger partial charge in [0.25, 0.3) is 0 Å². The van der Waals surface area contributed by atoms with Crippen molar-refractivity contribution < 1.29 is 28.4 Å². The minimum absolute atomic E-state index is 0.253. The highest BCUT2D eigenvalue weighted by Crippen LogP contribution is 2.43. The lowest BCUT2D eigenvalue weighted by Gasteiger charge is -2.38. The Morgan fingerprint density at radius 1 is 0.778 bits per heavy atom. The van der Waals surface area contributed by atoms with Gasteiger partial charge in [0.2, 0.25) is 0 Å². The van der Waals surface area contributed by atoms with E-state index in [0.717, 1.165) is 16.7 Å². The molecule has 6 nitrogen and oxygen atoms in total. The second-order valence-corrected chi connectivity index (χ2v) is 9.63. The molecule has 0 aliphatic carbocycles. The van der Waals surface area contributed by atoms with Crippen LogP contribution in [-0.4, -0.2) is 57.3 Å². The Bertz CT molecular complexity index is 1010. The molecule has 3 aromatic carbocycles. The van der Waals surface area contributed by atoms with Crippen LogP contribution in [0.1, 0.15) is 30.5 Å². The summed E-state index contributed by atoms with van der Waals surface area (Å²) in [6.07, 6.45) is -2.06. The van der Waals surface area contributed by atoms with E-state index in [4.69, 9.17) is 28.4 Å². The zero-order valence-electron chi connectivity index (χ0n) is 21.2. The molecule has 5 atom stereocenters. The molecule has 0 spiro atoms. The van der Waals surface area contributed by atoms with Crippen molar-refractivity contribution in [2.24, 2.45) is 0 Å². The molecule has 190 valence electrons. The van der Waals surface area contributed by atoms with Gasteiger partial charge in [-0.2, -0.15) is 0 Å². The second-order valence-electron chi connectivity index (χ2n) is 9.63. The van der Waals surface area contributed by atoms with Crippen LogP contribution >= 0.6 is 0 Å². The van der Waals surface area contributed by atoms with Crippen molar-refractivity contribution in [2.75, 3.05) is 20.8 Å². The smallest absolute Gasteiger partial charge is 0.190 e. The van der Waals surface area contributed by atoms with Gasteiger partial charge in [0.1, 0.15) is 30.0 Å². The highest BCUT2D eigenvalue weighted by molar-refractivity contribution is 5.47. The summed E-state index contributed by atoms with van der Waals surface area (Å²) in [7, 11) is 3.33. The van der Waals surface area contributed by atoms with Crippen LogP contribution in [0.4, 0.5) is 0 Å². The van der Waals surface area contributed by atoms with E-state index in [2.05, 4.69) is 36.4 Å². The number of fused-ring (bicyclic) bond motifs is 1. The molecule has 0 aromatic heterocycles. The van der Waals surface area contributed by atoms with E-state index in [1.165, 1.54) is 0 Å². The SMILES string of the molecule is CO[C@@H]1[C@H]2OC(C)(C)O[C@H]2O[C@@H]1[C@@H](COC(c1ccccc1)(c1ccccc1)c1ccccc1)OC. The van der Waals surface area contributed by atoms with Crippen molar-refractivity contribution in [3.8, 4) is 0 Å². The van der Waals surface area contributed by atoms with E-state index in [-0.39, 0.29) is 18.8 Å². The zero-order chi connectivity index (χ0) is 25.2. The molecule has 5 rings (SSSR count). The van der Waals surface area contributed by atoms with Gasteiger partial charge in [0.15, 0.2) is 12.1 Å². The van der Waals surface area contributed by atoms with Crippen molar-refractivity contribution >= 4 is 0 Å². The van der Waals surface area contributed by atoms with E-state index in [9.17, 15) is 0 Å². The monoisotopic (exact) mass is 490 g/mol. The molecular weight excluding hydrogens is 456 g/mol. The molecular formula is C30H34O6. The third-order valence-electron chi connectivity index (χ3n) is 6.97. The maximum atomic E-state index is 6.97. The van der Waals surface area contributed by atoms with Gasteiger partial charge in [-0.05, 0) is 30.5 Å². The van der Waals surface area contributed by atoms with E-state index >= 15 is 0 Å². The molecule has 2 aliphatic rings. The van der Waals surface area contributed by atoms with Crippen molar-refractivity contribution in [3.63, 3.8) is 0 Å². The Labute approximate surface area is 213 Å². The fourth-order valence-corrected chi connectivity index (χ4v) is 5.34. The fraction of sp³-hybridized carbons (Fsp3) is 0.400. The summed E-state index contributed by atoms with van der Waals surface area (Å²) in [4.78, 5) is 0. The molecule has 2 heterocycles. The zero-order valence-corrected chi connectivity index (χ0v) is 21.2. The molecule has 3 aromatic rings. The molecule has 0 N–H and O–H groups in total. The van der Waals surface area contributed by atoms with Crippen molar-refractivity contribution in [2.45, 2.75) is 55.9 Å². The molecule has 2 saturated heterocycles. The quantitative estimate of drug-likeness (QED) is 0.398. The lowest BCUT2D eigenvalue weighted by molar-refractivity contribution is -0.234. The van der Waals surface area contributed by atoms with Gasteiger partial charge in [0, 0.05) is 14.2 Å². The van der Waals surface area contributed by atoms with Crippen molar-refractivity contribution in [1.82, 2.24) is 0 Å². The lowest BCUT2D eigenvalue weighted by atomic mass is 9.80. The van der Waals surface area contributed by atoms with Crippen molar-refractivity contribution in [1.29, 1.82) is 0 Å². The summed E-state index contributed by atoms with van der Waals surface area (Å²) in [5.41, 5.74) is 2.22. The normalized spacial score (nSPS) is 26.0. The number of rotatable bonds is 9. The van der Waals surface area contributed by atoms with Gasteiger partial charge in [0.05, 0.1) is 6.61 Å². The Kier molecular flexibility index (Phi) is 7.26. The van der Waals surface area contributed by atoms with Gasteiger partial charge < -0.3 is 28.4 Å². The largest absolute Gasteiger partial charge is 0.376 e. The first kappa shape index (κ1) is 25.1. The van der Waals surface area contributed by atoms with Gasteiger partial charge >= 0.3 is 0 Å². The van der Waals surface area contributed by atoms with Crippen LogP contribution in [0, 0.1) is 0 Å². The number of hydrogen-bond donors (Lipinski definition) is 0. The Morgan fingerprint density at radius 2 is 1.28 bits per heavy atom. The molecule has 0 unspecified atom stereocenters. The molecule has 0 radical (unpaired) electrons. The first-order valence-corrected chi connectivity index (χ1v) is 12.4. The van der Waals surface area contributed by atoms with Crippen LogP contribution in [-0.2, 0) is 34.0 Å². The summed E-state index contributed by atoms with van der Waals surface area (Å²) < 4.78 is 37.1. The third kappa shape index (κ3) is 4.61. The van der Waals surface area contributed by atoms with Gasteiger partial charge in [-0.3, -0.25) is 0 Å². The van der Waals surface area contributed by atoms with Crippen LogP contribution < -0.4 is 0 Å². The lowest BCUT2D eigenvalue weighted by Crippen LogP contribution is -2.46. The topological polar surface area (TPSA) is 55.4 Å². The number of methoxy groups -OCH3 is 2. The van der Waals surface area contributed by atoms with Crippen LogP contribution in [0.15, 0.2) is 91.0 Å². The van der Waals surface area contributed by atoms with E-state index in [0.29, 0.717) is 0 Å². The van der Waals surface area contributed by atoms with Gasteiger partial charge in [-0.25, -0.2) is 0 Å². The first-order chi connectivity index (χ1) is 17.5.